The summed E-state index contributed by atoms with van der Waals surface area (Å²) in [5.41, 5.74) is 1.83. The minimum atomic E-state index is -0.283. The summed E-state index contributed by atoms with van der Waals surface area (Å²) in [5.74, 6) is 1.44. The number of piperidine rings is 1. The van der Waals surface area contributed by atoms with Crippen molar-refractivity contribution in [3.8, 4) is 11.8 Å². The highest BCUT2D eigenvalue weighted by Crippen LogP contribution is 2.30. The Morgan fingerprint density at radius 1 is 1.20 bits per heavy atom. The quantitative estimate of drug-likeness (QED) is 0.484. The van der Waals surface area contributed by atoms with Crippen molar-refractivity contribution in [2.45, 2.75) is 46.1 Å². The number of aryl methyl sites for hydroxylation is 1. The Kier molecular flexibility index (Phi) is 8.88. The molecule has 0 spiro atoms. The van der Waals surface area contributed by atoms with E-state index in [0.717, 1.165) is 38.4 Å². The number of hydrogen-bond acceptors (Lipinski definition) is 8. The number of hydrogen-bond donors (Lipinski definition) is 0. The number of nitriles is 1. The molecule has 0 bridgehead atoms. The first kappa shape index (κ1) is 26.2. The highest BCUT2D eigenvalue weighted by Gasteiger charge is 2.23. The minimum Gasteiger partial charge on any atom is -0.488 e. The molecular formula is C25H32ClN7O2. The zero-order chi connectivity index (χ0) is 25.5. The summed E-state index contributed by atoms with van der Waals surface area (Å²) in [7, 11) is 3.61. The van der Waals surface area contributed by atoms with Gasteiger partial charge in [0.15, 0.2) is 5.75 Å². The fourth-order valence-electron chi connectivity index (χ4n) is 3.88. The number of halogens is 1. The van der Waals surface area contributed by atoms with Crippen LogP contribution in [0.2, 0.25) is 5.15 Å². The second-order valence-corrected chi connectivity index (χ2v) is 9.04. The van der Waals surface area contributed by atoms with Crippen molar-refractivity contribution in [3.05, 3.63) is 45.6 Å². The van der Waals surface area contributed by atoms with E-state index >= 15 is 0 Å². The Balaban J connectivity index is 0.000000214. The molecule has 1 aliphatic rings. The summed E-state index contributed by atoms with van der Waals surface area (Å²) in [6.45, 7) is 8.58. The highest BCUT2D eigenvalue weighted by molar-refractivity contribution is 6.29. The van der Waals surface area contributed by atoms with Crippen LogP contribution in [0.4, 0.5) is 11.6 Å². The second-order valence-electron chi connectivity index (χ2n) is 8.65. The molecule has 0 aromatic carbocycles. The van der Waals surface area contributed by atoms with Gasteiger partial charge in [-0.25, -0.2) is 15.0 Å². The molecule has 0 unspecified atom stereocenters. The van der Waals surface area contributed by atoms with Crippen LogP contribution in [-0.2, 0) is 7.05 Å². The molecule has 35 heavy (non-hydrogen) atoms. The van der Waals surface area contributed by atoms with Crippen LogP contribution in [-0.4, -0.2) is 52.3 Å². The van der Waals surface area contributed by atoms with E-state index in [1.165, 1.54) is 11.0 Å². The molecule has 0 saturated carbocycles. The van der Waals surface area contributed by atoms with Crippen LogP contribution in [0.5, 0.6) is 5.75 Å². The maximum absolute atomic E-state index is 12.4. The van der Waals surface area contributed by atoms with Gasteiger partial charge in [0.1, 0.15) is 22.3 Å². The minimum absolute atomic E-state index is 0.154. The van der Waals surface area contributed by atoms with Gasteiger partial charge < -0.3 is 19.1 Å². The Morgan fingerprint density at radius 3 is 2.43 bits per heavy atom. The SMILES string of the molecule is CCN(C)c1ncc(OC(C)C)cn1.Cn1c(=O)c(C#N)c(N2CCCCC2)c2nc(Cl)ccc21. The molecule has 0 aliphatic carbocycles. The molecule has 1 aliphatic heterocycles. The summed E-state index contributed by atoms with van der Waals surface area (Å²) in [6.07, 6.45) is 6.86. The molecule has 4 rings (SSSR count). The molecule has 10 heteroatoms. The molecule has 1 fully saturated rings. The van der Waals surface area contributed by atoms with Crippen molar-refractivity contribution in [3.63, 3.8) is 0 Å². The smallest absolute Gasteiger partial charge is 0.270 e. The van der Waals surface area contributed by atoms with Crippen LogP contribution >= 0.6 is 11.6 Å². The third kappa shape index (κ3) is 6.20. The maximum Gasteiger partial charge on any atom is 0.270 e. The number of nitrogens with zero attached hydrogens (tertiary/aromatic N) is 7. The van der Waals surface area contributed by atoms with Gasteiger partial charge in [-0.3, -0.25) is 4.79 Å². The van der Waals surface area contributed by atoms with Crippen LogP contribution in [0.25, 0.3) is 11.0 Å². The number of rotatable bonds is 5. The second kappa shape index (κ2) is 11.8. The molecule has 1 saturated heterocycles. The van der Waals surface area contributed by atoms with E-state index in [0.29, 0.717) is 27.6 Å². The van der Waals surface area contributed by atoms with Crippen LogP contribution in [0, 0.1) is 11.3 Å². The Labute approximate surface area is 210 Å². The van der Waals surface area contributed by atoms with E-state index in [-0.39, 0.29) is 17.2 Å². The summed E-state index contributed by atoms with van der Waals surface area (Å²) in [6, 6.07) is 5.50. The lowest BCUT2D eigenvalue weighted by atomic mass is 10.1. The monoisotopic (exact) mass is 497 g/mol. The van der Waals surface area contributed by atoms with Gasteiger partial charge in [0.2, 0.25) is 5.95 Å². The third-order valence-electron chi connectivity index (χ3n) is 5.77. The third-order valence-corrected chi connectivity index (χ3v) is 5.98. The van der Waals surface area contributed by atoms with E-state index in [1.54, 1.807) is 31.6 Å². The predicted molar refractivity (Wildman–Crippen MR) is 140 cm³/mol. The van der Waals surface area contributed by atoms with Gasteiger partial charge >= 0.3 is 0 Å². The van der Waals surface area contributed by atoms with Gasteiger partial charge in [0, 0.05) is 33.7 Å². The topological polar surface area (TPSA) is 100 Å². The van der Waals surface area contributed by atoms with Crippen molar-refractivity contribution in [1.82, 2.24) is 19.5 Å². The Hall–Kier alpha value is -3.38. The fourth-order valence-corrected chi connectivity index (χ4v) is 4.02. The summed E-state index contributed by atoms with van der Waals surface area (Å²) in [4.78, 5) is 29.2. The molecule has 186 valence electrons. The molecular weight excluding hydrogens is 466 g/mol. The van der Waals surface area contributed by atoms with E-state index in [2.05, 4.69) is 32.8 Å². The zero-order valence-electron chi connectivity index (χ0n) is 21.0. The average molecular weight is 498 g/mol. The van der Waals surface area contributed by atoms with Gasteiger partial charge in [-0.1, -0.05) is 11.6 Å². The maximum atomic E-state index is 12.4. The highest BCUT2D eigenvalue weighted by atomic mass is 35.5. The molecule has 3 aromatic heterocycles. The number of fused-ring (bicyclic) bond motifs is 1. The van der Waals surface area contributed by atoms with Crippen LogP contribution < -0.4 is 20.1 Å². The fraction of sp³-hybridized carbons (Fsp3) is 0.480. The first-order valence-corrected chi connectivity index (χ1v) is 12.2. The number of aromatic nitrogens is 4. The van der Waals surface area contributed by atoms with Gasteiger partial charge in [0.05, 0.1) is 29.7 Å². The van der Waals surface area contributed by atoms with Crippen molar-refractivity contribution in [1.29, 1.82) is 5.26 Å². The molecule has 4 heterocycles. The zero-order valence-corrected chi connectivity index (χ0v) is 21.7. The summed E-state index contributed by atoms with van der Waals surface area (Å²) < 4.78 is 6.90. The lowest BCUT2D eigenvalue weighted by Gasteiger charge is -2.30. The molecule has 0 amide bonds. The summed E-state index contributed by atoms with van der Waals surface area (Å²) in [5, 5.41) is 9.80. The van der Waals surface area contributed by atoms with Crippen LogP contribution in [0.3, 0.4) is 0 Å². The first-order valence-electron chi connectivity index (χ1n) is 11.8. The molecule has 0 atom stereocenters. The summed E-state index contributed by atoms with van der Waals surface area (Å²) >= 11 is 6.02. The largest absolute Gasteiger partial charge is 0.488 e. The molecule has 9 nitrogen and oxygen atoms in total. The van der Waals surface area contributed by atoms with Crippen LogP contribution in [0.1, 0.15) is 45.6 Å². The van der Waals surface area contributed by atoms with Crippen molar-refractivity contribution >= 4 is 34.3 Å². The van der Waals surface area contributed by atoms with Crippen molar-refractivity contribution in [2.24, 2.45) is 7.05 Å². The van der Waals surface area contributed by atoms with E-state index in [4.69, 9.17) is 16.3 Å². The standard InChI is InChI=1S/C15H15ClN4O.C10H17N3O/c1-19-11-5-6-12(16)18-13(11)14(10(9-17)15(19)21)20-7-3-2-4-8-20;1-5-13(4)10-11-6-9(7-12-10)14-8(2)3/h5-6H,2-4,7-8H2,1H3;6-8H,5H2,1-4H3. The molecule has 0 N–H and O–H groups in total. The van der Waals surface area contributed by atoms with E-state index in [1.807, 2.05) is 25.8 Å². The van der Waals surface area contributed by atoms with Gasteiger partial charge in [-0.2, -0.15) is 5.26 Å². The van der Waals surface area contributed by atoms with Gasteiger partial charge in [-0.05, 0) is 52.2 Å². The Morgan fingerprint density at radius 2 is 1.86 bits per heavy atom. The Bertz CT molecular complexity index is 1250. The number of pyridine rings is 2. The number of ether oxygens (including phenoxy) is 1. The molecule has 0 radical (unpaired) electrons. The van der Waals surface area contributed by atoms with Crippen LogP contribution in [0.15, 0.2) is 29.3 Å². The van der Waals surface area contributed by atoms with E-state index in [9.17, 15) is 10.1 Å². The molecule has 3 aromatic rings. The average Bonchev–Trinajstić information content (AvgIpc) is 2.86. The normalized spacial score (nSPS) is 13.3. The van der Waals surface area contributed by atoms with Crippen molar-refractivity contribution < 1.29 is 4.74 Å². The van der Waals surface area contributed by atoms with Gasteiger partial charge in [0.25, 0.3) is 5.56 Å². The number of anilines is 2. The lowest BCUT2D eigenvalue weighted by Crippen LogP contribution is -2.33. The lowest BCUT2D eigenvalue weighted by molar-refractivity contribution is 0.240. The predicted octanol–water partition coefficient (Wildman–Crippen LogP) is 4.17. The van der Waals surface area contributed by atoms with Gasteiger partial charge in [-0.15, -0.1) is 0 Å². The van der Waals surface area contributed by atoms with E-state index < -0.39 is 0 Å². The first-order chi connectivity index (χ1) is 16.8. The van der Waals surface area contributed by atoms with Crippen molar-refractivity contribution in [2.75, 3.05) is 36.5 Å².